The third-order valence-corrected chi connectivity index (χ3v) is 4.17. The van der Waals surface area contributed by atoms with Crippen LogP contribution in [0.25, 0.3) is 0 Å². The number of anilines is 1. The molecule has 8 heteroatoms. The first-order chi connectivity index (χ1) is 10.0. The number of rotatable bonds is 4. The second-order valence-corrected chi connectivity index (χ2v) is 5.72. The minimum Gasteiger partial charge on any atom is -0.469 e. The molecule has 0 spiro atoms. The van der Waals surface area contributed by atoms with Gasteiger partial charge in [0, 0.05) is 18.8 Å². The fourth-order valence-corrected chi connectivity index (χ4v) is 3.17. The lowest BCUT2D eigenvalue weighted by Crippen LogP contribution is -2.41. The van der Waals surface area contributed by atoms with E-state index in [2.05, 4.69) is 20.9 Å². The number of halogens is 1. The number of carbonyl (C=O) groups is 1. The van der Waals surface area contributed by atoms with Gasteiger partial charge in [-0.15, -0.1) is 0 Å². The van der Waals surface area contributed by atoms with Gasteiger partial charge in [-0.3, -0.25) is 19.9 Å². The summed E-state index contributed by atoms with van der Waals surface area (Å²) in [5.74, 6) is -0.306. The molecule has 2 rings (SSSR count). The van der Waals surface area contributed by atoms with Gasteiger partial charge in [0.05, 0.1) is 22.9 Å². The van der Waals surface area contributed by atoms with Crippen LogP contribution in [0.3, 0.4) is 0 Å². The van der Waals surface area contributed by atoms with Crippen molar-refractivity contribution in [1.29, 1.82) is 0 Å². The third-order valence-electron chi connectivity index (χ3n) is 3.59. The van der Waals surface area contributed by atoms with Gasteiger partial charge in [-0.2, -0.15) is 0 Å². The van der Waals surface area contributed by atoms with Crippen LogP contribution in [-0.4, -0.2) is 35.6 Å². The van der Waals surface area contributed by atoms with Crippen LogP contribution in [0.2, 0.25) is 0 Å². The molecule has 1 atom stereocenters. The Balaban J connectivity index is 2.37. The van der Waals surface area contributed by atoms with E-state index in [0.29, 0.717) is 16.7 Å². The van der Waals surface area contributed by atoms with Gasteiger partial charge in [0.1, 0.15) is 11.9 Å². The van der Waals surface area contributed by atoms with Crippen molar-refractivity contribution in [2.75, 3.05) is 18.6 Å². The Hall–Kier alpha value is -1.70. The molecule has 1 aromatic heterocycles. The molecule has 1 saturated heterocycles. The number of piperidine rings is 1. The molecule has 0 amide bonds. The predicted octanol–water partition coefficient (Wildman–Crippen LogP) is 2.67. The van der Waals surface area contributed by atoms with Crippen LogP contribution in [0.1, 0.15) is 25.7 Å². The maximum absolute atomic E-state index is 11.6. The van der Waals surface area contributed by atoms with Gasteiger partial charge in [-0.05, 0) is 35.2 Å². The maximum atomic E-state index is 11.6. The van der Waals surface area contributed by atoms with Crippen LogP contribution in [0.4, 0.5) is 11.4 Å². The number of esters is 1. The summed E-state index contributed by atoms with van der Waals surface area (Å²) in [6, 6.07) is -0.0939. The van der Waals surface area contributed by atoms with E-state index in [4.69, 9.17) is 4.74 Å². The Kier molecular flexibility index (Phi) is 5.11. The molecule has 0 aliphatic carbocycles. The smallest absolute Gasteiger partial charge is 0.311 e. The van der Waals surface area contributed by atoms with Crippen molar-refractivity contribution in [3.05, 3.63) is 27.0 Å². The number of hydrogen-bond acceptors (Lipinski definition) is 6. The molecule has 1 aliphatic heterocycles. The number of ether oxygens (including phenoxy) is 1. The van der Waals surface area contributed by atoms with E-state index in [1.165, 1.54) is 19.5 Å². The van der Waals surface area contributed by atoms with E-state index in [9.17, 15) is 14.9 Å². The highest BCUT2D eigenvalue weighted by Gasteiger charge is 2.31. The van der Waals surface area contributed by atoms with Crippen molar-refractivity contribution in [2.45, 2.75) is 31.7 Å². The van der Waals surface area contributed by atoms with Crippen LogP contribution >= 0.6 is 15.9 Å². The van der Waals surface area contributed by atoms with Crippen molar-refractivity contribution in [3.63, 3.8) is 0 Å². The van der Waals surface area contributed by atoms with E-state index >= 15 is 0 Å². The number of hydrogen-bond donors (Lipinski definition) is 0. The molecule has 0 radical (unpaired) electrons. The van der Waals surface area contributed by atoms with Gasteiger partial charge in [0.15, 0.2) is 0 Å². The molecule has 114 valence electrons. The first kappa shape index (κ1) is 15.7. The monoisotopic (exact) mass is 357 g/mol. The predicted molar refractivity (Wildman–Crippen MR) is 80.2 cm³/mol. The number of nitro groups is 1. The zero-order valence-electron chi connectivity index (χ0n) is 11.6. The Morgan fingerprint density at radius 1 is 1.57 bits per heavy atom. The standard InChI is InChI=1S/C13H16BrN3O4/c1-21-12(18)6-9-4-2-3-5-16(9)13-10(14)7-15-8-11(13)17(19)20/h7-9H,2-6H2,1H3. The lowest BCUT2D eigenvalue weighted by Gasteiger charge is -2.37. The van der Waals surface area contributed by atoms with E-state index in [-0.39, 0.29) is 24.1 Å². The van der Waals surface area contributed by atoms with Crippen molar-refractivity contribution in [3.8, 4) is 0 Å². The van der Waals surface area contributed by atoms with E-state index < -0.39 is 4.92 Å². The first-order valence-electron chi connectivity index (χ1n) is 6.66. The highest BCUT2D eigenvalue weighted by Crippen LogP contribution is 2.38. The third kappa shape index (κ3) is 3.49. The average Bonchev–Trinajstić information content (AvgIpc) is 2.47. The second kappa shape index (κ2) is 6.84. The maximum Gasteiger partial charge on any atom is 0.311 e. The molecule has 1 unspecified atom stereocenters. The minimum atomic E-state index is -0.448. The number of methoxy groups -OCH3 is 1. The summed E-state index contributed by atoms with van der Waals surface area (Å²) in [6.45, 7) is 0.672. The molecule has 1 fully saturated rings. The number of nitrogens with zero attached hydrogens (tertiary/aromatic N) is 3. The summed E-state index contributed by atoms with van der Waals surface area (Å²) in [5, 5.41) is 11.2. The lowest BCUT2D eigenvalue weighted by molar-refractivity contribution is -0.384. The second-order valence-electron chi connectivity index (χ2n) is 4.87. The number of aromatic nitrogens is 1. The summed E-state index contributed by atoms with van der Waals surface area (Å²) >= 11 is 3.34. The zero-order valence-corrected chi connectivity index (χ0v) is 13.2. The van der Waals surface area contributed by atoms with Crippen LogP contribution in [0.15, 0.2) is 16.9 Å². The number of pyridine rings is 1. The Labute approximate surface area is 130 Å². The van der Waals surface area contributed by atoms with Crippen molar-refractivity contribution in [1.82, 2.24) is 4.98 Å². The molecular weight excluding hydrogens is 342 g/mol. The molecule has 0 saturated carbocycles. The summed E-state index contributed by atoms with van der Waals surface area (Å²) in [7, 11) is 1.35. The molecule has 0 N–H and O–H groups in total. The van der Waals surface area contributed by atoms with Gasteiger partial charge in [0.25, 0.3) is 0 Å². The van der Waals surface area contributed by atoms with Crippen LogP contribution < -0.4 is 4.90 Å². The molecule has 2 heterocycles. The van der Waals surface area contributed by atoms with Crippen LogP contribution in [-0.2, 0) is 9.53 Å². The summed E-state index contributed by atoms with van der Waals surface area (Å²) in [4.78, 5) is 28.1. The fraction of sp³-hybridized carbons (Fsp3) is 0.538. The minimum absolute atomic E-state index is 0.0545. The topological polar surface area (TPSA) is 85.6 Å². The van der Waals surface area contributed by atoms with E-state index in [1.54, 1.807) is 0 Å². The fourth-order valence-electron chi connectivity index (χ4n) is 2.62. The zero-order chi connectivity index (χ0) is 15.4. The van der Waals surface area contributed by atoms with Gasteiger partial charge >= 0.3 is 11.7 Å². The van der Waals surface area contributed by atoms with Gasteiger partial charge in [-0.25, -0.2) is 0 Å². The van der Waals surface area contributed by atoms with E-state index in [1.807, 2.05) is 4.90 Å². The Bertz CT molecular complexity index is 552. The lowest BCUT2D eigenvalue weighted by atomic mass is 9.98. The van der Waals surface area contributed by atoms with E-state index in [0.717, 1.165) is 19.3 Å². The molecule has 0 bridgehead atoms. The van der Waals surface area contributed by atoms with Crippen molar-refractivity contribution in [2.24, 2.45) is 0 Å². The normalized spacial score (nSPS) is 18.4. The summed E-state index contributed by atoms with van der Waals surface area (Å²) in [5.41, 5.74) is 0.435. The van der Waals surface area contributed by atoms with Crippen molar-refractivity contribution >= 4 is 33.3 Å². The average molecular weight is 358 g/mol. The molecule has 1 aromatic rings. The summed E-state index contributed by atoms with van der Waals surface area (Å²) in [6.07, 6.45) is 5.73. The molecular formula is C13H16BrN3O4. The SMILES string of the molecule is COC(=O)CC1CCCCN1c1c(Br)cncc1[N+](=O)[O-]. The van der Waals surface area contributed by atoms with Crippen LogP contribution in [0, 0.1) is 10.1 Å². The van der Waals surface area contributed by atoms with Crippen molar-refractivity contribution < 1.29 is 14.5 Å². The van der Waals surface area contributed by atoms with Crippen LogP contribution in [0.5, 0.6) is 0 Å². The van der Waals surface area contributed by atoms with Gasteiger partial charge < -0.3 is 9.64 Å². The first-order valence-corrected chi connectivity index (χ1v) is 7.45. The molecule has 7 nitrogen and oxygen atoms in total. The largest absolute Gasteiger partial charge is 0.469 e. The Morgan fingerprint density at radius 3 is 3.00 bits per heavy atom. The van der Waals surface area contributed by atoms with Gasteiger partial charge in [0.2, 0.25) is 0 Å². The van der Waals surface area contributed by atoms with Gasteiger partial charge in [-0.1, -0.05) is 0 Å². The number of carbonyl (C=O) groups excluding carboxylic acids is 1. The molecule has 21 heavy (non-hydrogen) atoms. The highest BCUT2D eigenvalue weighted by atomic mass is 79.9. The molecule has 1 aliphatic rings. The quantitative estimate of drug-likeness (QED) is 0.467. The Morgan fingerprint density at radius 2 is 2.33 bits per heavy atom. The molecule has 0 aromatic carbocycles. The highest BCUT2D eigenvalue weighted by molar-refractivity contribution is 9.10. The summed E-state index contributed by atoms with van der Waals surface area (Å²) < 4.78 is 5.28.